The Kier molecular flexibility index (Phi) is 6.69. The van der Waals surface area contributed by atoms with Crippen LogP contribution >= 0.6 is 0 Å². The molecule has 174 valence electrons. The fourth-order valence-corrected chi connectivity index (χ4v) is 4.55. The third-order valence-corrected chi connectivity index (χ3v) is 6.43. The van der Waals surface area contributed by atoms with E-state index >= 15 is 0 Å². The molecule has 3 aromatic carbocycles. The Bertz CT molecular complexity index is 1340. The first-order valence-electron chi connectivity index (χ1n) is 11.9. The van der Waals surface area contributed by atoms with Crippen molar-refractivity contribution < 1.29 is 4.79 Å². The minimum atomic E-state index is 0.0833. The number of benzene rings is 3. The SMILES string of the molecule is N#Cc1ccc(Cc2ncc(CNC3CCN(C(=O)c4ccccc4-c4ccccc4)C3)[nH]2)cc1. The summed E-state index contributed by atoms with van der Waals surface area (Å²) in [7, 11) is 0. The van der Waals surface area contributed by atoms with Crippen molar-refractivity contribution in [3.05, 3.63) is 113 Å². The van der Waals surface area contributed by atoms with E-state index in [9.17, 15) is 4.79 Å². The van der Waals surface area contributed by atoms with Crippen molar-refractivity contribution in [2.45, 2.75) is 25.4 Å². The second kappa shape index (κ2) is 10.4. The monoisotopic (exact) mass is 461 g/mol. The number of rotatable bonds is 7. The molecule has 4 aromatic rings. The maximum atomic E-state index is 13.3. The van der Waals surface area contributed by atoms with Gasteiger partial charge in [0.25, 0.3) is 5.91 Å². The molecule has 1 saturated heterocycles. The summed E-state index contributed by atoms with van der Waals surface area (Å²) < 4.78 is 0. The molecule has 6 heteroatoms. The van der Waals surface area contributed by atoms with Crippen LogP contribution in [-0.2, 0) is 13.0 Å². The number of likely N-dealkylation sites (tertiary alicyclic amines) is 1. The van der Waals surface area contributed by atoms with E-state index in [1.54, 1.807) is 0 Å². The second-order valence-corrected chi connectivity index (χ2v) is 8.87. The number of aromatic amines is 1. The number of carbonyl (C=O) groups excluding carboxylic acids is 1. The first-order chi connectivity index (χ1) is 17.2. The van der Waals surface area contributed by atoms with Gasteiger partial charge in [-0.15, -0.1) is 0 Å². The van der Waals surface area contributed by atoms with Crippen molar-refractivity contribution in [3.8, 4) is 17.2 Å². The topological polar surface area (TPSA) is 84.8 Å². The van der Waals surface area contributed by atoms with Crippen molar-refractivity contribution in [1.29, 1.82) is 5.26 Å². The first-order valence-corrected chi connectivity index (χ1v) is 11.9. The Morgan fingerprint density at radius 1 is 1.06 bits per heavy atom. The van der Waals surface area contributed by atoms with Crippen molar-refractivity contribution in [2.75, 3.05) is 13.1 Å². The maximum Gasteiger partial charge on any atom is 0.254 e. The van der Waals surface area contributed by atoms with E-state index in [-0.39, 0.29) is 11.9 Å². The summed E-state index contributed by atoms with van der Waals surface area (Å²) in [4.78, 5) is 23.2. The van der Waals surface area contributed by atoms with Gasteiger partial charge in [0.1, 0.15) is 5.82 Å². The Balaban J connectivity index is 1.16. The molecule has 0 aliphatic carbocycles. The van der Waals surface area contributed by atoms with E-state index in [4.69, 9.17) is 5.26 Å². The highest BCUT2D eigenvalue weighted by molar-refractivity contribution is 6.01. The number of aromatic nitrogens is 2. The molecule has 2 heterocycles. The Morgan fingerprint density at radius 3 is 2.63 bits per heavy atom. The van der Waals surface area contributed by atoms with Gasteiger partial charge in [-0.1, -0.05) is 60.7 Å². The lowest BCUT2D eigenvalue weighted by atomic mass is 9.99. The van der Waals surface area contributed by atoms with Gasteiger partial charge in [0.15, 0.2) is 0 Å². The van der Waals surface area contributed by atoms with Crippen LogP contribution in [-0.4, -0.2) is 39.9 Å². The van der Waals surface area contributed by atoms with Gasteiger partial charge in [-0.05, 0) is 41.3 Å². The number of hydrogen-bond donors (Lipinski definition) is 2. The molecule has 35 heavy (non-hydrogen) atoms. The Morgan fingerprint density at radius 2 is 1.83 bits per heavy atom. The first kappa shape index (κ1) is 22.6. The van der Waals surface area contributed by atoms with Crippen LogP contribution in [0, 0.1) is 11.3 Å². The number of carbonyl (C=O) groups is 1. The summed E-state index contributed by atoms with van der Waals surface area (Å²) in [6.45, 7) is 2.11. The summed E-state index contributed by atoms with van der Waals surface area (Å²) in [6.07, 6.45) is 3.48. The van der Waals surface area contributed by atoms with Crippen LogP contribution in [0.4, 0.5) is 0 Å². The molecule has 0 spiro atoms. The molecule has 0 bridgehead atoms. The molecule has 1 fully saturated rings. The summed E-state index contributed by atoms with van der Waals surface area (Å²) in [5.74, 6) is 0.979. The summed E-state index contributed by atoms with van der Waals surface area (Å²) >= 11 is 0. The zero-order valence-electron chi connectivity index (χ0n) is 19.4. The number of nitriles is 1. The zero-order chi connectivity index (χ0) is 24.0. The fourth-order valence-electron chi connectivity index (χ4n) is 4.55. The minimum Gasteiger partial charge on any atom is -0.345 e. The zero-order valence-corrected chi connectivity index (χ0v) is 19.4. The Hall–Kier alpha value is -4.21. The van der Waals surface area contributed by atoms with Crippen LogP contribution in [0.1, 0.15) is 39.4 Å². The molecule has 1 atom stereocenters. The molecule has 0 radical (unpaired) electrons. The van der Waals surface area contributed by atoms with E-state index in [1.165, 1.54) is 0 Å². The van der Waals surface area contributed by atoms with Gasteiger partial charge in [-0.2, -0.15) is 5.26 Å². The maximum absolute atomic E-state index is 13.3. The minimum absolute atomic E-state index is 0.0833. The van der Waals surface area contributed by atoms with Crippen molar-refractivity contribution in [2.24, 2.45) is 0 Å². The normalized spacial score (nSPS) is 15.2. The molecular weight excluding hydrogens is 434 g/mol. The molecule has 0 saturated carbocycles. The van der Waals surface area contributed by atoms with Gasteiger partial charge in [0, 0.05) is 49.6 Å². The molecule has 1 amide bonds. The van der Waals surface area contributed by atoms with Crippen LogP contribution < -0.4 is 5.32 Å². The van der Waals surface area contributed by atoms with E-state index < -0.39 is 0 Å². The number of nitrogens with zero attached hydrogens (tertiary/aromatic N) is 3. The third kappa shape index (κ3) is 5.32. The number of amides is 1. The lowest BCUT2D eigenvalue weighted by Crippen LogP contribution is -2.35. The van der Waals surface area contributed by atoms with Crippen molar-refractivity contribution >= 4 is 5.91 Å². The quantitative estimate of drug-likeness (QED) is 0.423. The fraction of sp³-hybridized carbons (Fsp3) is 0.207. The van der Waals surface area contributed by atoms with Crippen LogP contribution in [0.2, 0.25) is 0 Å². The van der Waals surface area contributed by atoms with Crippen LogP contribution in [0.15, 0.2) is 85.1 Å². The standard InChI is InChI=1S/C29H27N5O/c30-17-22-12-10-21(11-13-22)16-28-32-19-25(33-28)18-31-24-14-15-34(20-24)29(35)27-9-5-4-8-26(27)23-6-2-1-3-7-23/h1-13,19,24,31H,14-16,18,20H2,(H,32,33). The van der Waals surface area contributed by atoms with E-state index in [2.05, 4.69) is 21.4 Å². The molecule has 2 N–H and O–H groups in total. The van der Waals surface area contributed by atoms with Crippen LogP contribution in [0.3, 0.4) is 0 Å². The van der Waals surface area contributed by atoms with E-state index in [0.717, 1.165) is 46.7 Å². The Labute approximate surface area is 205 Å². The van der Waals surface area contributed by atoms with Crippen molar-refractivity contribution in [3.63, 3.8) is 0 Å². The molecule has 1 aromatic heterocycles. The highest BCUT2D eigenvalue weighted by Crippen LogP contribution is 2.26. The molecular formula is C29H27N5O. The van der Waals surface area contributed by atoms with Crippen molar-refractivity contribution in [1.82, 2.24) is 20.2 Å². The van der Waals surface area contributed by atoms with Crippen LogP contribution in [0.5, 0.6) is 0 Å². The summed E-state index contributed by atoms with van der Waals surface area (Å²) in [5.41, 5.74) is 5.57. The van der Waals surface area contributed by atoms with Gasteiger partial charge in [0.2, 0.25) is 0 Å². The van der Waals surface area contributed by atoms with Crippen LogP contribution in [0.25, 0.3) is 11.1 Å². The van der Waals surface area contributed by atoms with Gasteiger partial charge in [0.05, 0.1) is 11.6 Å². The lowest BCUT2D eigenvalue weighted by Gasteiger charge is -2.19. The molecule has 1 aliphatic heterocycles. The van der Waals surface area contributed by atoms with Gasteiger partial charge < -0.3 is 15.2 Å². The summed E-state index contributed by atoms with van der Waals surface area (Å²) in [5, 5.41) is 12.5. The molecule has 1 unspecified atom stereocenters. The predicted octanol–water partition coefficient (Wildman–Crippen LogP) is 4.54. The lowest BCUT2D eigenvalue weighted by molar-refractivity contribution is 0.0790. The number of hydrogen-bond acceptors (Lipinski definition) is 4. The number of imidazole rings is 1. The van der Waals surface area contributed by atoms with E-state index in [0.29, 0.717) is 25.1 Å². The van der Waals surface area contributed by atoms with Gasteiger partial charge in [-0.3, -0.25) is 4.79 Å². The largest absolute Gasteiger partial charge is 0.345 e. The highest BCUT2D eigenvalue weighted by atomic mass is 16.2. The number of nitrogens with one attached hydrogen (secondary N) is 2. The molecule has 5 rings (SSSR count). The average Bonchev–Trinajstić information content (AvgIpc) is 3.58. The van der Waals surface area contributed by atoms with Gasteiger partial charge in [-0.25, -0.2) is 4.98 Å². The molecule has 1 aliphatic rings. The average molecular weight is 462 g/mol. The van der Waals surface area contributed by atoms with E-state index in [1.807, 2.05) is 90.0 Å². The predicted molar refractivity (Wildman–Crippen MR) is 136 cm³/mol. The third-order valence-electron chi connectivity index (χ3n) is 6.43. The second-order valence-electron chi connectivity index (χ2n) is 8.87. The smallest absolute Gasteiger partial charge is 0.254 e. The van der Waals surface area contributed by atoms with Gasteiger partial charge >= 0.3 is 0 Å². The molecule has 6 nitrogen and oxygen atoms in total. The number of H-pyrrole nitrogens is 1. The summed E-state index contributed by atoms with van der Waals surface area (Å²) in [6, 6.07) is 27.9. The highest BCUT2D eigenvalue weighted by Gasteiger charge is 2.28.